The van der Waals surface area contributed by atoms with Crippen LogP contribution in [0, 0.1) is 0 Å². The summed E-state index contributed by atoms with van der Waals surface area (Å²) in [6, 6.07) is 7.08. The predicted octanol–water partition coefficient (Wildman–Crippen LogP) is 0.0254. The van der Waals surface area contributed by atoms with Crippen molar-refractivity contribution in [2.24, 2.45) is 0 Å². The molecule has 0 aliphatic heterocycles. The molecule has 112 valence electrons. The average molecular weight is 292 g/mol. The van der Waals surface area contributed by atoms with Gasteiger partial charge in [-0.2, -0.15) is 0 Å². The zero-order valence-electron chi connectivity index (χ0n) is 11.5. The molecule has 7 nitrogen and oxygen atoms in total. The van der Waals surface area contributed by atoms with E-state index in [9.17, 15) is 14.4 Å². The summed E-state index contributed by atoms with van der Waals surface area (Å²) in [4.78, 5) is 32.9. The molecule has 0 saturated heterocycles. The number of nitrogens with one attached hydrogen (secondary N) is 2. The zero-order chi connectivity index (χ0) is 15.7. The van der Waals surface area contributed by atoms with Gasteiger partial charge in [0, 0.05) is 6.08 Å². The highest BCUT2D eigenvalue weighted by molar-refractivity contribution is 5.94. The number of hydrogen-bond donors (Lipinski definition) is 3. The first-order valence-corrected chi connectivity index (χ1v) is 6.09. The lowest BCUT2D eigenvalue weighted by Gasteiger charge is -2.03. The monoisotopic (exact) mass is 292 g/mol. The summed E-state index contributed by atoms with van der Waals surface area (Å²) < 4.78 is 5.01. The minimum Gasteiger partial charge on any atom is -0.497 e. The Morgan fingerprint density at radius 3 is 2.38 bits per heavy atom. The highest BCUT2D eigenvalue weighted by atomic mass is 16.5. The van der Waals surface area contributed by atoms with Gasteiger partial charge in [-0.15, -0.1) is 0 Å². The normalized spacial score (nSPS) is 10.1. The molecular weight excluding hydrogens is 276 g/mol. The third-order valence-corrected chi connectivity index (χ3v) is 2.40. The second-order valence-corrected chi connectivity index (χ2v) is 3.99. The summed E-state index contributed by atoms with van der Waals surface area (Å²) in [6.07, 6.45) is 2.87. The van der Waals surface area contributed by atoms with Crippen LogP contribution in [0.1, 0.15) is 5.56 Å². The molecule has 21 heavy (non-hydrogen) atoms. The molecule has 1 rings (SSSR count). The first-order valence-electron chi connectivity index (χ1n) is 6.09. The van der Waals surface area contributed by atoms with Gasteiger partial charge < -0.3 is 20.5 Å². The molecule has 0 unspecified atom stereocenters. The first kappa shape index (κ1) is 16.2. The molecule has 0 aliphatic rings. The highest BCUT2D eigenvalue weighted by Crippen LogP contribution is 2.11. The summed E-state index contributed by atoms with van der Waals surface area (Å²) >= 11 is 0. The predicted molar refractivity (Wildman–Crippen MR) is 75.7 cm³/mol. The summed E-state index contributed by atoms with van der Waals surface area (Å²) in [5.41, 5.74) is 0.807. The first-order chi connectivity index (χ1) is 10.0. The second kappa shape index (κ2) is 8.36. The van der Waals surface area contributed by atoms with Crippen LogP contribution < -0.4 is 15.4 Å². The average Bonchev–Trinajstić information content (AvgIpc) is 2.49. The molecule has 1 aromatic carbocycles. The van der Waals surface area contributed by atoms with Gasteiger partial charge in [0.1, 0.15) is 12.3 Å². The SMILES string of the molecule is COc1ccc(/C=C/C(=O)NCC(=O)NCC(=O)O)cc1. The van der Waals surface area contributed by atoms with Crippen molar-refractivity contribution in [1.82, 2.24) is 10.6 Å². The second-order valence-electron chi connectivity index (χ2n) is 3.99. The van der Waals surface area contributed by atoms with E-state index in [4.69, 9.17) is 9.84 Å². The van der Waals surface area contributed by atoms with Gasteiger partial charge in [-0.1, -0.05) is 12.1 Å². The summed E-state index contributed by atoms with van der Waals surface area (Å²) in [5, 5.41) is 12.8. The number of hydrogen-bond acceptors (Lipinski definition) is 4. The molecule has 7 heteroatoms. The molecule has 0 radical (unpaired) electrons. The highest BCUT2D eigenvalue weighted by Gasteiger charge is 2.04. The van der Waals surface area contributed by atoms with E-state index in [0.717, 1.165) is 5.56 Å². The maximum Gasteiger partial charge on any atom is 0.322 e. The van der Waals surface area contributed by atoms with Crippen molar-refractivity contribution in [3.63, 3.8) is 0 Å². The van der Waals surface area contributed by atoms with Crippen molar-refractivity contribution in [3.05, 3.63) is 35.9 Å². The molecule has 0 fully saturated rings. The molecule has 2 amide bonds. The molecule has 0 atom stereocenters. The van der Waals surface area contributed by atoms with Crippen LogP contribution in [0.5, 0.6) is 5.75 Å². The standard InChI is InChI=1S/C14H16N2O5/c1-21-11-5-2-10(3-6-11)4-7-12(17)15-8-13(18)16-9-14(19)20/h2-7H,8-9H2,1H3,(H,15,17)(H,16,18)(H,19,20)/b7-4+. The number of benzene rings is 1. The summed E-state index contributed by atoms with van der Waals surface area (Å²) in [6.45, 7) is -0.755. The van der Waals surface area contributed by atoms with Gasteiger partial charge in [-0.05, 0) is 23.8 Å². The Kier molecular flexibility index (Phi) is 6.46. The van der Waals surface area contributed by atoms with Crippen LogP contribution in [0.25, 0.3) is 6.08 Å². The van der Waals surface area contributed by atoms with Gasteiger partial charge in [0.15, 0.2) is 0 Å². The van der Waals surface area contributed by atoms with Crippen LogP contribution in [0.4, 0.5) is 0 Å². The van der Waals surface area contributed by atoms with Crippen molar-refractivity contribution in [3.8, 4) is 5.75 Å². The fourth-order valence-corrected chi connectivity index (χ4v) is 1.35. The minimum absolute atomic E-state index is 0.279. The van der Waals surface area contributed by atoms with Gasteiger partial charge in [0.25, 0.3) is 0 Å². The summed E-state index contributed by atoms with van der Waals surface area (Å²) in [7, 11) is 1.56. The number of carboxylic acids is 1. The Bertz CT molecular complexity index is 537. The maximum absolute atomic E-state index is 11.5. The molecule has 0 bridgehead atoms. The van der Waals surface area contributed by atoms with Crippen LogP contribution in [-0.4, -0.2) is 43.1 Å². The van der Waals surface area contributed by atoms with Gasteiger partial charge in [0.2, 0.25) is 11.8 Å². The van der Waals surface area contributed by atoms with E-state index in [1.54, 1.807) is 37.5 Å². The van der Waals surface area contributed by atoms with Crippen LogP contribution in [0.15, 0.2) is 30.3 Å². The van der Waals surface area contributed by atoms with E-state index in [-0.39, 0.29) is 6.54 Å². The molecule has 0 aromatic heterocycles. The number of methoxy groups -OCH3 is 1. The number of aliphatic carboxylic acids is 1. The quantitative estimate of drug-likeness (QED) is 0.615. The fraction of sp³-hybridized carbons (Fsp3) is 0.214. The molecule has 0 saturated carbocycles. The molecule has 0 aliphatic carbocycles. The van der Waals surface area contributed by atoms with Crippen LogP contribution >= 0.6 is 0 Å². The Morgan fingerprint density at radius 2 is 1.81 bits per heavy atom. The van der Waals surface area contributed by atoms with Gasteiger partial charge in [-0.25, -0.2) is 0 Å². The Morgan fingerprint density at radius 1 is 1.14 bits per heavy atom. The van der Waals surface area contributed by atoms with Crippen molar-refractivity contribution < 1.29 is 24.2 Å². The number of amides is 2. The van der Waals surface area contributed by atoms with Crippen molar-refractivity contribution in [2.45, 2.75) is 0 Å². The lowest BCUT2D eigenvalue weighted by molar-refractivity contribution is -0.137. The molecule has 0 spiro atoms. The Hall–Kier alpha value is -2.83. The lowest BCUT2D eigenvalue weighted by Crippen LogP contribution is -2.38. The zero-order valence-corrected chi connectivity index (χ0v) is 11.5. The number of ether oxygens (including phenoxy) is 1. The van der Waals surface area contributed by atoms with Crippen LogP contribution in [0.3, 0.4) is 0 Å². The van der Waals surface area contributed by atoms with E-state index in [2.05, 4.69) is 10.6 Å². The third-order valence-electron chi connectivity index (χ3n) is 2.40. The fourth-order valence-electron chi connectivity index (χ4n) is 1.35. The molecule has 0 heterocycles. The summed E-state index contributed by atoms with van der Waals surface area (Å²) in [5.74, 6) is -1.44. The molecule has 1 aromatic rings. The van der Waals surface area contributed by atoms with Gasteiger partial charge in [0.05, 0.1) is 13.7 Å². The number of carbonyl (C=O) groups excluding carboxylic acids is 2. The maximum atomic E-state index is 11.5. The van der Waals surface area contributed by atoms with E-state index in [1.165, 1.54) is 6.08 Å². The van der Waals surface area contributed by atoms with Crippen molar-refractivity contribution in [1.29, 1.82) is 0 Å². The lowest BCUT2D eigenvalue weighted by atomic mass is 10.2. The minimum atomic E-state index is -1.14. The topological polar surface area (TPSA) is 105 Å². The largest absolute Gasteiger partial charge is 0.497 e. The van der Waals surface area contributed by atoms with Crippen LogP contribution in [-0.2, 0) is 14.4 Å². The van der Waals surface area contributed by atoms with Gasteiger partial charge >= 0.3 is 5.97 Å². The molecular formula is C14H16N2O5. The van der Waals surface area contributed by atoms with Crippen molar-refractivity contribution in [2.75, 3.05) is 20.2 Å². The van der Waals surface area contributed by atoms with Crippen LogP contribution in [0.2, 0.25) is 0 Å². The third kappa shape index (κ3) is 6.76. The van der Waals surface area contributed by atoms with Gasteiger partial charge in [-0.3, -0.25) is 14.4 Å². The number of carbonyl (C=O) groups is 3. The molecule has 3 N–H and O–H groups in total. The Labute approximate surface area is 121 Å². The van der Waals surface area contributed by atoms with Crippen molar-refractivity contribution >= 4 is 23.9 Å². The smallest absolute Gasteiger partial charge is 0.322 e. The van der Waals surface area contributed by atoms with E-state index in [1.807, 2.05) is 0 Å². The van der Waals surface area contributed by atoms with E-state index < -0.39 is 24.3 Å². The van der Waals surface area contributed by atoms with E-state index in [0.29, 0.717) is 5.75 Å². The Balaban J connectivity index is 2.36. The number of carboxylic acid groups (broad SMARTS) is 1. The number of rotatable bonds is 7. The van der Waals surface area contributed by atoms with E-state index >= 15 is 0 Å².